The molecule has 0 radical (unpaired) electrons. The summed E-state index contributed by atoms with van der Waals surface area (Å²) >= 11 is 1.01. The van der Waals surface area contributed by atoms with Crippen molar-refractivity contribution in [2.24, 2.45) is 0 Å². The van der Waals surface area contributed by atoms with Crippen LogP contribution in [0.5, 0.6) is 0 Å². The molecule has 1 atom stereocenters. The molecule has 3 nitrogen and oxygen atoms in total. The van der Waals surface area contributed by atoms with Crippen molar-refractivity contribution < 1.29 is 9.50 Å². The molecule has 1 N–H and O–H groups in total. The van der Waals surface area contributed by atoms with Crippen LogP contribution in [-0.2, 0) is 0 Å². The smallest absolute Gasteiger partial charge is 0.124 e. The molecule has 2 aromatic rings. The van der Waals surface area contributed by atoms with Crippen molar-refractivity contribution >= 4 is 11.7 Å². The Morgan fingerprint density at radius 2 is 2.29 bits per heavy atom. The lowest BCUT2D eigenvalue weighted by Crippen LogP contribution is -1.99. The Labute approximate surface area is 84.2 Å². The number of hydrogen-bond acceptors (Lipinski definition) is 4. The molecule has 0 aliphatic carbocycles. The molecular weight excluding hydrogens is 203 g/mol. The second-order valence-electron chi connectivity index (χ2n) is 2.79. The van der Waals surface area contributed by atoms with E-state index in [1.165, 1.54) is 18.3 Å². The van der Waals surface area contributed by atoms with Crippen molar-refractivity contribution in [3.05, 3.63) is 47.5 Å². The first kappa shape index (κ1) is 9.23. The van der Waals surface area contributed by atoms with E-state index in [-0.39, 0.29) is 5.82 Å². The summed E-state index contributed by atoms with van der Waals surface area (Å²) in [6, 6.07) is 5.81. The maximum Gasteiger partial charge on any atom is 0.124 e. The molecule has 72 valence electrons. The highest BCUT2D eigenvalue weighted by Crippen LogP contribution is 2.20. The largest absolute Gasteiger partial charge is 0.382 e. The van der Waals surface area contributed by atoms with Crippen LogP contribution in [0.25, 0.3) is 0 Å². The first-order valence-corrected chi connectivity index (χ1v) is 4.71. The van der Waals surface area contributed by atoms with Crippen LogP contribution in [0, 0.1) is 5.82 Å². The van der Waals surface area contributed by atoms with Gasteiger partial charge in [-0.05, 0) is 17.7 Å². The molecule has 5 heteroatoms. The fourth-order valence-corrected chi connectivity index (χ4v) is 1.58. The number of rotatable bonds is 2. The van der Waals surface area contributed by atoms with Crippen molar-refractivity contribution in [2.75, 3.05) is 0 Å². The molecule has 1 unspecified atom stereocenters. The van der Waals surface area contributed by atoms with Crippen molar-refractivity contribution in [3.8, 4) is 0 Å². The lowest BCUT2D eigenvalue weighted by Gasteiger charge is -2.06. The van der Waals surface area contributed by atoms with E-state index in [0.717, 1.165) is 11.7 Å². The van der Waals surface area contributed by atoms with Gasteiger partial charge >= 0.3 is 0 Å². The molecule has 1 aromatic carbocycles. The van der Waals surface area contributed by atoms with Gasteiger partial charge in [-0.1, -0.05) is 12.1 Å². The van der Waals surface area contributed by atoms with Gasteiger partial charge in [0.25, 0.3) is 0 Å². The van der Waals surface area contributed by atoms with E-state index in [2.05, 4.69) is 8.75 Å². The molecule has 14 heavy (non-hydrogen) atoms. The zero-order valence-corrected chi connectivity index (χ0v) is 7.91. The molecule has 0 fully saturated rings. The number of aliphatic hydroxyl groups excluding tert-OH is 1. The molecule has 0 saturated heterocycles. The Kier molecular flexibility index (Phi) is 2.51. The third kappa shape index (κ3) is 1.78. The fraction of sp³-hybridized carbons (Fsp3) is 0.111. The lowest BCUT2D eigenvalue weighted by atomic mass is 10.1. The molecule has 1 heterocycles. The molecule has 0 aliphatic heterocycles. The number of nitrogens with zero attached hydrogens (tertiary/aromatic N) is 2. The van der Waals surface area contributed by atoms with Crippen LogP contribution in [0.1, 0.15) is 17.4 Å². The topological polar surface area (TPSA) is 46.0 Å². The Morgan fingerprint density at radius 3 is 2.93 bits per heavy atom. The van der Waals surface area contributed by atoms with E-state index in [1.807, 2.05) is 0 Å². The summed E-state index contributed by atoms with van der Waals surface area (Å²) in [4.78, 5) is 0. The molecule has 1 aromatic heterocycles. The van der Waals surface area contributed by atoms with Gasteiger partial charge in [-0.2, -0.15) is 8.75 Å². The number of halogens is 1. The van der Waals surface area contributed by atoms with Crippen LogP contribution in [0.15, 0.2) is 30.5 Å². The van der Waals surface area contributed by atoms with Crippen LogP contribution in [0.4, 0.5) is 4.39 Å². The van der Waals surface area contributed by atoms with E-state index in [4.69, 9.17) is 0 Å². The molecule has 2 rings (SSSR count). The highest BCUT2D eigenvalue weighted by Gasteiger charge is 2.13. The minimum atomic E-state index is -0.899. The maximum absolute atomic E-state index is 12.8. The SMILES string of the molecule is OC(c1cccc(F)c1)c1cnsn1. The second kappa shape index (κ2) is 3.81. The van der Waals surface area contributed by atoms with Crippen LogP contribution >= 0.6 is 11.7 Å². The first-order chi connectivity index (χ1) is 6.77. The Bertz CT molecular complexity index is 419. The lowest BCUT2D eigenvalue weighted by molar-refractivity contribution is 0.216. The monoisotopic (exact) mass is 210 g/mol. The minimum absolute atomic E-state index is 0.371. The van der Waals surface area contributed by atoms with Crippen molar-refractivity contribution in [1.29, 1.82) is 0 Å². The standard InChI is InChI=1S/C9H7FN2OS/c10-7-3-1-2-6(4-7)9(13)8-5-11-14-12-8/h1-5,9,13H. The van der Waals surface area contributed by atoms with Crippen LogP contribution in [0.3, 0.4) is 0 Å². The quantitative estimate of drug-likeness (QED) is 0.821. The number of aliphatic hydroxyl groups is 1. The normalized spacial score (nSPS) is 12.7. The molecular formula is C9H7FN2OS. The zero-order valence-electron chi connectivity index (χ0n) is 7.09. The highest BCUT2D eigenvalue weighted by atomic mass is 32.1. The molecule has 0 aliphatic rings. The summed E-state index contributed by atoms with van der Waals surface area (Å²) in [6.07, 6.45) is 0.574. The molecule has 0 spiro atoms. The van der Waals surface area contributed by atoms with Crippen LogP contribution in [-0.4, -0.2) is 13.9 Å². The van der Waals surface area contributed by atoms with Gasteiger partial charge in [0, 0.05) is 0 Å². The average molecular weight is 210 g/mol. The molecule has 0 saturated carbocycles. The van der Waals surface area contributed by atoms with Gasteiger partial charge in [0.15, 0.2) is 0 Å². The Hall–Kier alpha value is -1.33. The van der Waals surface area contributed by atoms with Gasteiger partial charge in [0.05, 0.1) is 17.9 Å². The van der Waals surface area contributed by atoms with E-state index < -0.39 is 6.10 Å². The first-order valence-electron chi connectivity index (χ1n) is 3.98. The number of hydrogen-bond donors (Lipinski definition) is 1. The predicted octanol–water partition coefficient (Wildman–Crippen LogP) is 1.76. The highest BCUT2D eigenvalue weighted by molar-refractivity contribution is 6.99. The summed E-state index contributed by atoms with van der Waals surface area (Å²) in [7, 11) is 0. The van der Waals surface area contributed by atoms with Gasteiger partial charge in [-0.15, -0.1) is 0 Å². The van der Waals surface area contributed by atoms with Gasteiger partial charge in [0.2, 0.25) is 0 Å². The summed E-state index contributed by atoms with van der Waals surface area (Å²) < 4.78 is 20.5. The van der Waals surface area contributed by atoms with Gasteiger partial charge < -0.3 is 5.11 Å². The van der Waals surface area contributed by atoms with Crippen LogP contribution in [0.2, 0.25) is 0 Å². The Balaban J connectivity index is 2.32. The summed E-state index contributed by atoms with van der Waals surface area (Å²) in [5.41, 5.74) is 0.929. The third-order valence-electron chi connectivity index (χ3n) is 1.82. The third-order valence-corrected chi connectivity index (χ3v) is 2.32. The summed E-state index contributed by atoms with van der Waals surface area (Å²) in [5.74, 6) is -0.371. The van der Waals surface area contributed by atoms with Gasteiger partial charge in [0.1, 0.15) is 17.6 Å². The predicted molar refractivity (Wildman–Crippen MR) is 50.4 cm³/mol. The van der Waals surface area contributed by atoms with Crippen molar-refractivity contribution in [3.63, 3.8) is 0 Å². The minimum Gasteiger partial charge on any atom is -0.382 e. The Morgan fingerprint density at radius 1 is 1.43 bits per heavy atom. The van der Waals surface area contributed by atoms with Gasteiger partial charge in [-0.3, -0.25) is 0 Å². The van der Waals surface area contributed by atoms with E-state index >= 15 is 0 Å². The van der Waals surface area contributed by atoms with Crippen molar-refractivity contribution in [1.82, 2.24) is 8.75 Å². The van der Waals surface area contributed by atoms with Gasteiger partial charge in [-0.25, -0.2) is 4.39 Å². The summed E-state index contributed by atoms with van der Waals surface area (Å²) in [5, 5.41) is 9.74. The van der Waals surface area contributed by atoms with Crippen molar-refractivity contribution in [2.45, 2.75) is 6.10 Å². The van der Waals surface area contributed by atoms with E-state index in [9.17, 15) is 9.50 Å². The maximum atomic E-state index is 12.8. The fourth-order valence-electron chi connectivity index (χ4n) is 1.14. The number of aromatic nitrogens is 2. The molecule has 0 bridgehead atoms. The summed E-state index contributed by atoms with van der Waals surface area (Å²) in [6.45, 7) is 0. The molecule has 0 amide bonds. The van der Waals surface area contributed by atoms with E-state index in [0.29, 0.717) is 11.3 Å². The van der Waals surface area contributed by atoms with Crippen LogP contribution < -0.4 is 0 Å². The van der Waals surface area contributed by atoms with E-state index in [1.54, 1.807) is 12.1 Å². The zero-order chi connectivity index (χ0) is 9.97. The number of benzene rings is 1. The second-order valence-corrected chi connectivity index (χ2v) is 3.35. The average Bonchev–Trinajstić information content (AvgIpc) is 2.69.